The lowest BCUT2D eigenvalue weighted by molar-refractivity contribution is 0.455. The van der Waals surface area contributed by atoms with Crippen LogP contribution in [0.25, 0.3) is 0 Å². The van der Waals surface area contributed by atoms with E-state index in [1.165, 1.54) is 12.1 Å². The van der Waals surface area contributed by atoms with Gasteiger partial charge in [0, 0.05) is 5.56 Å². The number of primary sulfonamides is 1. The van der Waals surface area contributed by atoms with Gasteiger partial charge in [-0.3, -0.25) is 0 Å². The number of hydrogen-bond donors (Lipinski definition) is 3. The molecule has 0 spiro atoms. The minimum atomic E-state index is -3.69. The summed E-state index contributed by atoms with van der Waals surface area (Å²) in [6.07, 6.45) is 0. The van der Waals surface area contributed by atoms with Crippen LogP contribution in [0.15, 0.2) is 18.2 Å². The second kappa shape index (κ2) is 3.23. The van der Waals surface area contributed by atoms with Crippen LogP contribution in [0.5, 0.6) is 11.5 Å². The normalized spacial score (nSPS) is 11.5. The molecule has 0 saturated heterocycles. The largest absolute Gasteiger partial charge is 0.508 e. The SMILES string of the molecule is NS(=O)(=O)Cc1cc(O)ccc1O. The lowest BCUT2D eigenvalue weighted by Gasteiger charge is -2.02. The van der Waals surface area contributed by atoms with Crippen molar-refractivity contribution in [3.05, 3.63) is 23.8 Å². The van der Waals surface area contributed by atoms with E-state index in [1.54, 1.807) is 0 Å². The van der Waals surface area contributed by atoms with Crippen LogP contribution >= 0.6 is 0 Å². The van der Waals surface area contributed by atoms with E-state index in [4.69, 9.17) is 15.4 Å². The molecular formula is C7H9NO4S. The average molecular weight is 203 g/mol. The van der Waals surface area contributed by atoms with Crippen molar-refractivity contribution < 1.29 is 18.6 Å². The third kappa shape index (κ3) is 2.92. The number of aromatic hydroxyl groups is 2. The van der Waals surface area contributed by atoms with Crippen LogP contribution in [0.3, 0.4) is 0 Å². The predicted molar refractivity (Wildman–Crippen MR) is 46.6 cm³/mol. The van der Waals surface area contributed by atoms with Crippen molar-refractivity contribution in [1.29, 1.82) is 0 Å². The van der Waals surface area contributed by atoms with E-state index in [0.717, 1.165) is 6.07 Å². The summed E-state index contributed by atoms with van der Waals surface area (Å²) in [5, 5.41) is 22.9. The molecule has 6 heteroatoms. The lowest BCUT2D eigenvalue weighted by atomic mass is 10.2. The van der Waals surface area contributed by atoms with Crippen molar-refractivity contribution >= 4 is 10.0 Å². The van der Waals surface area contributed by atoms with Gasteiger partial charge in [-0.1, -0.05) is 0 Å². The van der Waals surface area contributed by atoms with E-state index in [2.05, 4.69) is 0 Å². The molecule has 0 aliphatic heterocycles. The van der Waals surface area contributed by atoms with Gasteiger partial charge in [-0.25, -0.2) is 13.6 Å². The van der Waals surface area contributed by atoms with Crippen LogP contribution in [0.4, 0.5) is 0 Å². The maximum Gasteiger partial charge on any atom is 0.213 e. The average Bonchev–Trinajstić information content (AvgIpc) is 1.94. The Bertz CT molecular complexity index is 413. The highest BCUT2D eigenvalue weighted by Crippen LogP contribution is 2.23. The number of phenolic OH excluding ortho intramolecular Hbond substituents is 2. The van der Waals surface area contributed by atoms with Gasteiger partial charge in [0.05, 0.1) is 5.75 Å². The summed E-state index contributed by atoms with van der Waals surface area (Å²) in [5.41, 5.74) is 0.0856. The van der Waals surface area contributed by atoms with Gasteiger partial charge in [0.15, 0.2) is 0 Å². The first-order valence-electron chi connectivity index (χ1n) is 3.40. The molecule has 13 heavy (non-hydrogen) atoms. The summed E-state index contributed by atoms with van der Waals surface area (Å²) < 4.78 is 21.3. The molecule has 0 radical (unpaired) electrons. The Hall–Kier alpha value is -1.27. The van der Waals surface area contributed by atoms with Gasteiger partial charge in [0.25, 0.3) is 0 Å². The molecule has 0 bridgehead atoms. The summed E-state index contributed by atoms with van der Waals surface area (Å²) >= 11 is 0. The standard InChI is InChI=1S/C7H9NO4S/c8-13(11,12)4-5-3-6(9)1-2-7(5)10/h1-3,9-10H,4H2,(H2,8,11,12). The first-order valence-corrected chi connectivity index (χ1v) is 5.11. The van der Waals surface area contributed by atoms with E-state index >= 15 is 0 Å². The molecule has 1 rings (SSSR count). The Morgan fingerprint density at radius 2 is 1.92 bits per heavy atom. The molecular weight excluding hydrogens is 194 g/mol. The van der Waals surface area contributed by atoms with Gasteiger partial charge in [-0.05, 0) is 18.2 Å². The molecule has 0 aliphatic rings. The fourth-order valence-electron chi connectivity index (χ4n) is 0.904. The molecule has 0 saturated carbocycles. The van der Waals surface area contributed by atoms with E-state index in [-0.39, 0.29) is 17.1 Å². The van der Waals surface area contributed by atoms with Crippen molar-refractivity contribution in [2.24, 2.45) is 5.14 Å². The predicted octanol–water partition coefficient (Wildman–Crippen LogP) is -0.114. The zero-order chi connectivity index (χ0) is 10.1. The molecule has 0 atom stereocenters. The fraction of sp³-hybridized carbons (Fsp3) is 0.143. The van der Waals surface area contributed by atoms with Crippen LogP contribution in [0.1, 0.15) is 5.56 Å². The van der Waals surface area contributed by atoms with E-state index < -0.39 is 15.8 Å². The Balaban J connectivity index is 3.08. The molecule has 0 aliphatic carbocycles. The zero-order valence-electron chi connectivity index (χ0n) is 6.64. The second-order valence-corrected chi connectivity index (χ2v) is 4.23. The Morgan fingerprint density at radius 1 is 1.31 bits per heavy atom. The first-order chi connectivity index (χ1) is 5.88. The highest BCUT2D eigenvalue weighted by molar-refractivity contribution is 7.88. The first kappa shape index (κ1) is 9.82. The van der Waals surface area contributed by atoms with Crippen LogP contribution in [0, 0.1) is 0 Å². The smallest absolute Gasteiger partial charge is 0.213 e. The number of phenols is 2. The van der Waals surface area contributed by atoms with Crippen molar-refractivity contribution in [3.63, 3.8) is 0 Å². The molecule has 1 aromatic carbocycles. The summed E-state index contributed by atoms with van der Waals surface area (Å²) in [7, 11) is -3.69. The van der Waals surface area contributed by atoms with Gasteiger partial charge in [-0.2, -0.15) is 0 Å². The minimum Gasteiger partial charge on any atom is -0.508 e. The van der Waals surface area contributed by atoms with E-state index in [1.807, 2.05) is 0 Å². The third-order valence-electron chi connectivity index (χ3n) is 1.42. The molecule has 0 unspecified atom stereocenters. The topological polar surface area (TPSA) is 101 Å². The van der Waals surface area contributed by atoms with Crippen LogP contribution < -0.4 is 5.14 Å². The molecule has 5 nitrogen and oxygen atoms in total. The van der Waals surface area contributed by atoms with E-state index in [9.17, 15) is 8.42 Å². The van der Waals surface area contributed by atoms with Crippen LogP contribution in [-0.2, 0) is 15.8 Å². The fourth-order valence-corrected chi connectivity index (χ4v) is 1.57. The summed E-state index contributed by atoms with van der Waals surface area (Å²) in [5.74, 6) is -0.809. The van der Waals surface area contributed by atoms with Gasteiger partial charge < -0.3 is 10.2 Å². The van der Waals surface area contributed by atoms with Crippen molar-refractivity contribution in [2.75, 3.05) is 0 Å². The highest BCUT2D eigenvalue weighted by atomic mass is 32.2. The summed E-state index contributed by atoms with van der Waals surface area (Å²) in [6, 6.07) is 3.61. The number of rotatable bonds is 2. The number of nitrogens with two attached hydrogens (primary N) is 1. The minimum absolute atomic E-state index is 0.0856. The van der Waals surface area contributed by atoms with E-state index in [0.29, 0.717) is 0 Å². The maximum atomic E-state index is 10.6. The molecule has 72 valence electrons. The summed E-state index contributed by atoms with van der Waals surface area (Å²) in [6.45, 7) is 0. The van der Waals surface area contributed by atoms with Gasteiger partial charge >= 0.3 is 0 Å². The Kier molecular flexibility index (Phi) is 2.44. The van der Waals surface area contributed by atoms with Gasteiger partial charge in [-0.15, -0.1) is 0 Å². The van der Waals surface area contributed by atoms with Crippen molar-refractivity contribution in [2.45, 2.75) is 5.75 Å². The van der Waals surface area contributed by atoms with Gasteiger partial charge in [0.2, 0.25) is 10.0 Å². The zero-order valence-corrected chi connectivity index (χ0v) is 7.45. The molecule has 0 aromatic heterocycles. The Morgan fingerprint density at radius 3 is 2.46 bits per heavy atom. The number of hydrogen-bond acceptors (Lipinski definition) is 4. The number of benzene rings is 1. The number of sulfonamides is 1. The van der Waals surface area contributed by atoms with Crippen molar-refractivity contribution in [1.82, 2.24) is 0 Å². The molecule has 0 amide bonds. The van der Waals surface area contributed by atoms with Gasteiger partial charge in [0.1, 0.15) is 11.5 Å². The monoisotopic (exact) mass is 203 g/mol. The van der Waals surface area contributed by atoms with Crippen LogP contribution in [-0.4, -0.2) is 18.6 Å². The van der Waals surface area contributed by atoms with Crippen LogP contribution in [0.2, 0.25) is 0 Å². The quantitative estimate of drug-likeness (QED) is 0.583. The third-order valence-corrected chi connectivity index (χ3v) is 2.13. The summed E-state index contributed by atoms with van der Waals surface area (Å²) in [4.78, 5) is 0. The lowest BCUT2D eigenvalue weighted by Crippen LogP contribution is -2.14. The highest BCUT2D eigenvalue weighted by Gasteiger charge is 2.09. The second-order valence-electron chi connectivity index (χ2n) is 2.62. The Labute approximate surface area is 75.5 Å². The molecule has 1 aromatic rings. The molecule has 4 N–H and O–H groups in total. The maximum absolute atomic E-state index is 10.6. The molecule has 0 heterocycles. The molecule has 0 fully saturated rings. The van der Waals surface area contributed by atoms with Crippen molar-refractivity contribution in [3.8, 4) is 11.5 Å².